The first kappa shape index (κ1) is 33.8. The molecular formula is C30H51N3O4S. The number of unbranched alkanes of at least 4 members (excludes halogenated alkanes) is 6. The summed E-state index contributed by atoms with van der Waals surface area (Å²) in [6.45, 7) is 12.6. The number of hydrogen-bond donors (Lipinski definition) is 3. The van der Waals surface area contributed by atoms with Crippen LogP contribution in [0.4, 0.5) is 4.79 Å². The molecule has 0 saturated carbocycles. The highest BCUT2D eigenvalue weighted by Crippen LogP contribution is 2.25. The molecule has 1 aromatic carbocycles. The van der Waals surface area contributed by atoms with Gasteiger partial charge in [0.05, 0.1) is 0 Å². The van der Waals surface area contributed by atoms with Crippen LogP contribution in [0, 0.1) is 0 Å². The molecule has 0 radical (unpaired) electrons. The Kier molecular flexibility index (Phi) is 16.1. The van der Waals surface area contributed by atoms with Crippen LogP contribution in [0.1, 0.15) is 110 Å². The molecule has 216 valence electrons. The highest BCUT2D eigenvalue weighted by molar-refractivity contribution is 7.80. The lowest BCUT2D eigenvalue weighted by atomic mass is 10.00. The largest absolute Gasteiger partial charge is 0.444 e. The fourth-order valence-corrected chi connectivity index (χ4v) is 4.41. The number of ether oxygens (including phenoxy) is 1. The Balaban J connectivity index is 3.31. The summed E-state index contributed by atoms with van der Waals surface area (Å²) < 4.78 is 5.39. The Morgan fingerprint density at radius 2 is 1.53 bits per heavy atom. The minimum atomic E-state index is -0.922. The topological polar surface area (TPSA) is 87.7 Å². The second-order valence-corrected chi connectivity index (χ2v) is 11.2. The molecule has 0 saturated heterocycles. The monoisotopic (exact) mass is 549 g/mol. The minimum Gasteiger partial charge on any atom is -0.444 e. The SMILES string of the molecule is CCCCCCCCN(C(=O)C(CS)NC(=O)OC(C)(C)C)C(C(=O)NCCCC)c1ccc(CC)cc1. The molecule has 2 atom stereocenters. The molecule has 0 heterocycles. The molecular weight excluding hydrogens is 498 g/mol. The molecule has 0 fully saturated rings. The highest BCUT2D eigenvalue weighted by atomic mass is 32.1. The lowest BCUT2D eigenvalue weighted by molar-refractivity contribution is -0.142. The van der Waals surface area contributed by atoms with Crippen molar-refractivity contribution in [1.82, 2.24) is 15.5 Å². The van der Waals surface area contributed by atoms with Gasteiger partial charge < -0.3 is 20.3 Å². The van der Waals surface area contributed by atoms with E-state index in [1.807, 2.05) is 24.3 Å². The van der Waals surface area contributed by atoms with Crippen LogP contribution in [0.25, 0.3) is 0 Å². The summed E-state index contributed by atoms with van der Waals surface area (Å²) in [5.41, 5.74) is 1.22. The zero-order valence-corrected chi connectivity index (χ0v) is 25.4. The summed E-state index contributed by atoms with van der Waals surface area (Å²) in [6.07, 6.45) is 8.35. The Morgan fingerprint density at radius 3 is 2.08 bits per heavy atom. The first-order valence-electron chi connectivity index (χ1n) is 14.3. The molecule has 38 heavy (non-hydrogen) atoms. The molecule has 0 bridgehead atoms. The lowest BCUT2D eigenvalue weighted by Crippen LogP contribution is -2.54. The number of hydrogen-bond acceptors (Lipinski definition) is 5. The number of aryl methyl sites for hydroxylation is 1. The molecule has 2 N–H and O–H groups in total. The van der Waals surface area contributed by atoms with E-state index in [1.54, 1.807) is 25.7 Å². The van der Waals surface area contributed by atoms with Crippen LogP contribution in [-0.4, -0.2) is 53.3 Å². The minimum absolute atomic E-state index is 0.0873. The van der Waals surface area contributed by atoms with Crippen molar-refractivity contribution in [1.29, 1.82) is 0 Å². The number of thiol groups is 1. The standard InChI is InChI=1S/C30H51N3O4S/c1-7-10-12-13-14-15-21-33(28(35)25(22-38)32-29(36)37-30(4,5)6)26(27(34)31-20-11-8-2)24-18-16-23(9-3)17-19-24/h16-19,25-26,38H,7-15,20-22H2,1-6H3,(H,31,34)(H,32,36). The Labute approximate surface area is 236 Å². The van der Waals surface area contributed by atoms with E-state index in [9.17, 15) is 14.4 Å². The lowest BCUT2D eigenvalue weighted by Gasteiger charge is -2.34. The Bertz CT molecular complexity index is 839. The van der Waals surface area contributed by atoms with Gasteiger partial charge >= 0.3 is 6.09 Å². The van der Waals surface area contributed by atoms with Crippen molar-refractivity contribution in [2.45, 2.75) is 117 Å². The number of amides is 3. The maximum atomic E-state index is 13.9. The molecule has 0 aromatic heterocycles. The summed E-state index contributed by atoms with van der Waals surface area (Å²) in [5, 5.41) is 5.71. The van der Waals surface area contributed by atoms with Gasteiger partial charge in [0.2, 0.25) is 11.8 Å². The van der Waals surface area contributed by atoms with Gasteiger partial charge in [-0.15, -0.1) is 0 Å². The van der Waals surface area contributed by atoms with Gasteiger partial charge in [0.25, 0.3) is 0 Å². The van der Waals surface area contributed by atoms with E-state index >= 15 is 0 Å². The van der Waals surface area contributed by atoms with Gasteiger partial charge in [-0.3, -0.25) is 9.59 Å². The van der Waals surface area contributed by atoms with E-state index in [1.165, 1.54) is 12.8 Å². The third kappa shape index (κ3) is 12.5. The van der Waals surface area contributed by atoms with Gasteiger partial charge in [-0.25, -0.2) is 4.79 Å². The molecule has 1 rings (SSSR count). The fourth-order valence-electron chi connectivity index (χ4n) is 4.16. The van der Waals surface area contributed by atoms with Gasteiger partial charge in [0.1, 0.15) is 17.7 Å². The molecule has 1 aromatic rings. The van der Waals surface area contributed by atoms with Crippen LogP contribution in [0.15, 0.2) is 24.3 Å². The molecule has 3 amide bonds. The molecule has 7 nitrogen and oxygen atoms in total. The van der Waals surface area contributed by atoms with Crippen molar-refractivity contribution in [3.05, 3.63) is 35.4 Å². The van der Waals surface area contributed by atoms with Crippen LogP contribution in [0.2, 0.25) is 0 Å². The van der Waals surface area contributed by atoms with Crippen molar-refractivity contribution in [3.63, 3.8) is 0 Å². The molecule has 0 aliphatic carbocycles. The zero-order valence-electron chi connectivity index (χ0n) is 24.5. The maximum absolute atomic E-state index is 13.9. The van der Waals surface area contributed by atoms with E-state index in [0.717, 1.165) is 56.1 Å². The van der Waals surface area contributed by atoms with Crippen LogP contribution < -0.4 is 10.6 Å². The fraction of sp³-hybridized carbons (Fsp3) is 0.700. The molecule has 0 aliphatic rings. The number of nitrogens with zero attached hydrogens (tertiary/aromatic N) is 1. The maximum Gasteiger partial charge on any atom is 0.408 e. The van der Waals surface area contributed by atoms with Crippen molar-refractivity contribution in [3.8, 4) is 0 Å². The van der Waals surface area contributed by atoms with E-state index < -0.39 is 23.8 Å². The highest BCUT2D eigenvalue weighted by Gasteiger charge is 2.35. The second kappa shape index (κ2) is 18.1. The quantitative estimate of drug-likeness (QED) is 0.159. The molecule has 0 aliphatic heterocycles. The molecule has 2 unspecified atom stereocenters. The predicted octanol–water partition coefficient (Wildman–Crippen LogP) is 6.22. The number of benzene rings is 1. The van der Waals surface area contributed by atoms with E-state index in [4.69, 9.17) is 4.74 Å². The second-order valence-electron chi connectivity index (χ2n) is 10.8. The van der Waals surface area contributed by atoms with E-state index in [2.05, 4.69) is 44.0 Å². The number of rotatable bonds is 17. The van der Waals surface area contributed by atoms with Crippen LogP contribution in [0.3, 0.4) is 0 Å². The normalized spacial score (nSPS) is 12.9. The third-order valence-electron chi connectivity index (χ3n) is 6.30. The first-order chi connectivity index (χ1) is 18.1. The Morgan fingerprint density at radius 1 is 0.921 bits per heavy atom. The molecule has 8 heteroatoms. The first-order valence-corrected chi connectivity index (χ1v) is 15.0. The van der Waals surface area contributed by atoms with Crippen LogP contribution in [0.5, 0.6) is 0 Å². The number of carbonyl (C=O) groups is 3. The summed E-state index contributed by atoms with van der Waals surface area (Å²) in [4.78, 5) is 41.7. The Hall–Kier alpha value is -2.22. The summed E-state index contributed by atoms with van der Waals surface area (Å²) in [5.74, 6) is -0.462. The van der Waals surface area contributed by atoms with Crippen molar-refractivity contribution in [2.24, 2.45) is 0 Å². The van der Waals surface area contributed by atoms with Gasteiger partial charge in [0.15, 0.2) is 0 Å². The van der Waals surface area contributed by atoms with E-state index in [-0.39, 0.29) is 17.6 Å². The van der Waals surface area contributed by atoms with Gasteiger partial charge in [0, 0.05) is 18.8 Å². The van der Waals surface area contributed by atoms with Gasteiger partial charge in [-0.05, 0) is 51.2 Å². The van der Waals surface area contributed by atoms with Crippen molar-refractivity contribution in [2.75, 3.05) is 18.8 Å². The number of alkyl carbamates (subject to hydrolysis) is 1. The van der Waals surface area contributed by atoms with Crippen molar-refractivity contribution >= 4 is 30.5 Å². The number of carbonyl (C=O) groups excluding carboxylic acids is 3. The average Bonchev–Trinajstić information content (AvgIpc) is 2.87. The zero-order chi connectivity index (χ0) is 28.6. The predicted molar refractivity (Wildman–Crippen MR) is 159 cm³/mol. The summed E-state index contributed by atoms with van der Waals surface area (Å²) in [6, 6.07) is 6.15. The van der Waals surface area contributed by atoms with Gasteiger partial charge in [-0.1, -0.05) is 83.6 Å². The summed E-state index contributed by atoms with van der Waals surface area (Å²) in [7, 11) is 0. The average molecular weight is 550 g/mol. The van der Waals surface area contributed by atoms with Crippen molar-refractivity contribution < 1.29 is 19.1 Å². The van der Waals surface area contributed by atoms with Crippen LogP contribution >= 0.6 is 12.6 Å². The smallest absolute Gasteiger partial charge is 0.408 e. The third-order valence-corrected chi connectivity index (χ3v) is 6.67. The molecule has 0 spiro atoms. The number of nitrogens with one attached hydrogen (secondary N) is 2. The summed E-state index contributed by atoms with van der Waals surface area (Å²) >= 11 is 4.37. The van der Waals surface area contributed by atoms with E-state index in [0.29, 0.717) is 13.1 Å². The van der Waals surface area contributed by atoms with Gasteiger partial charge in [-0.2, -0.15) is 12.6 Å². The van der Waals surface area contributed by atoms with Crippen LogP contribution in [-0.2, 0) is 20.7 Å².